The first kappa shape index (κ1) is 14.5. The van der Waals surface area contributed by atoms with Crippen molar-refractivity contribution >= 4 is 17.5 Å². The summed E-state index contributed by atoms with van der Waals surface area (Å²) in [5.41, 5.74) is 9.32. The molecule has 0 spiro atoms. The van der Waals surface area contributed by atoms with Gasteiger partial charge in [-0.3, -0.25) is 4.90 Å². The molecule has 1 atom stereocenters. The van der Waals surface area contributed by atoms with Crippen LogP contribution < -0.4 is 9.80 Å². The Labute approximate surface area is 126 Å². The van der Waals surface area contributed by atoms with Crippen molar-refractivity contribution in [2.45, 2.75) is 18.9 Å². The molecule has 0 N–H and O–H groups in total. The largest absolute Gasteiger partial charge is 0.444 e. The number of azide groups is 1. The maximum absolute atomic E-state index is 14.3. The Morgan fingerprint density at radius 3 is 2.86 bits per heavy atom. The second-order valence-electron chi connectivity index (χ2n) is 5.36. The van der Waals surface area contributed by atoms with Gasteiger partial charge in [-0.1, -0.05) is 5.11 Å². The molecule has 0 radical (unpaired) electrons. The number of hydrogen-bond acceptors (Lipinski definition) is 4. The van der Waals surface area contributed by atoms with Crippen molar-refractivity contribution in [2.24, 2.45) is 5.11 Å². The van der Waals surface area contributed by atoms with Gasteiger partial charge in [0, 0.05) is 18.0 Å². The van der Waals surface area contributed by atoms with Crippen LogP contribution in [0.4, 0.5) is 20.6 Å². The molecule has 116 valence electrons. The fraction of sp³-hybridized carbons (Fsp3) is 0.500. The highest BCUT2D eigenvalue weighted by Crippen LogP contribution is 2.29. The molecule has 22 heavy (non-hydrogen) atoms. The third-order valence-electron chi connectivity index (χ3n) is 3.91. The Balaban J connectivity index is 1.76. The number of benzene rings is 1. The average Bonchev–Trinajstić information content (AvgIpc) is 3.14. The third kappa shape index (κ3) is 2.78. The van der Waals surface area contributed by atoms with Crippen molar-refractivity contribution in [2.75, 3.05) is 36.0 Å². The van der Waals surface area contributed by atoms with E-state index in [-0.39, 0.29) is 18.9 Å². The zero-order valence-electron chi connectivity index (χ0n) is 12.0. The number of carbonyl (C=O) groups is 1. The fourth-order valence-corrected chi connectivity index (χ4v) is 2.83. The number of hydrogen-bond donors (Lipinski definition) is 0. The number of carbonyl (C=O) groups excluding carboxylic acids is 1. The molecule has 1 aromatic rings. The number of nitrogens with zero attached hydrogens (tertiary/aromatic N) is 5. The highest BCUT2D eigenvalue weighted by atomic mass is 19.1. The highest BCUT2D eigenvalue weighted by molar-refractivity contribution is 5.90. The van der Waals surface area contributed by atoms with Crippen LogP contribution in [0.5, 0.6) is 0 Å². The van der Waals surface area contributed by atoms with Crippen molar-refractivity contribution in [1.29, 1.82) is 0 Å². The second kappa shape index (κ2) is 6.11. The molecule has 3 rings (SSSR count). The van der Waals surface area contributed by atoms with Crippen molar-refractivity contribution in [3.8, 4) is 0 Å². The summed E-state index contributed by atoms with van der Waals surface area (Å²) in [6.45, 7) is 2.04. The SMILES string of the molecule is [N-]=[N+]=NC[C@H]1CN(c2ccc(N3CCCC3)c(F)c2)C(=O)O1. The molecular weight excluding hydrogens is 289 g/mol. The molecule has 2 saturated heterocycles. The van der Waals surface area contributed by atoms with Crippen LogP contribution in [0.2, 0.25) is 0 Å². The third-order valence-corrected chi connectivity index (χ3v) is 3.91. The molecule has 0 aliphatic carbocycles. The first-order valence-electron chi connectivity index (χ1n) is 7.22. The molecule has 7 nitrogen and oxygen atoms in total. The molecule has 0 bridgehead atoms. The lowest BCUT2D eigenvalue weighted by molar-refractivity contribution is 0.145. The van der Waals surface area contributed by atoms with Crippen LogP contribution in [0.1, 0.15) is 12.8 Å². The van der Waals surface area contributed by atoms with Gasteiger partial charge in [-0.2, -0.15) is 0 Å². The predicted octanol–water partition coefficient (Wildman–Crippen LogP) is 3.06. The molecule has 2 heterocycles. The maximum Gasteiger partial charge on any atom is 0.414 e. The summed E-state index contributed by atoms with van der Waals surface area (Å²) < 4.78 is 19.4. The maximum atomic E-state index is 14.3. The normalized spacial score (nSPS) is 21.0. The molecular formula is C14H16FN5O2. The van der Waals surface area contributed by atoms with Gasteiger partial charge < -0.3 is 9.64 Å². The van der Waals surface area contributed by atoms with E-state index in [1.165, 1.54) is 11.0 Å². The molecule has 8 heteroatoms. The zero-order chi connectivity index (χ0) is 15.5. The Morgan fingerprint density at radius 1 is 1.41 bits per heavy atom. The van der Waals surface area contributed by atoms with Gasteiger partial charge in [-0.05, 0) is 36.6 Å². The summed E-state index contributed by atoms with van der Waals surface area (Å²) in [4.78, 5) is 17.8. The molecule has 0 saturated carbocycles. The summed E-state index contributed by atoms with van der Waals surface area (Å²) in [7, 11) is 0. The van der Waals surface area contributed by atoms with Crippen molar-refractivity contribution in [3.63, 3.8) is 0 Å². The Kier molecular flexibility index (Phi) is 4.02. The predicted molar refractivity (Wildman–Crippen MR) is 79.5 cm³/mol. The average molecular weight is 305 g/mol. The highest BCUT2D eigenvalue weighted by Gasteiger charge is 2.32. The molecule has 0 aromatic heterocycles. The molecule has 2 aliphatic heterocycles. The number of ether oxygens (including phenoxy) is 1. The molecule has 0 unspecified atom stereocenters. The summed E-state index contributed by atoms with van der Waals surface area (Å²) in [5, 5.41) is 3.40. The van der Waals surface area contributed by atoms with Crippen molar-refractivity contribution in [1.82, 2.24) is 0 Å². The Bertz CT molecular complexity index is 626. The minimum atomic E-state index is -0.550. The van der Waals surface area contributed by atoms with Crippen molar-refractivity contribution < 1.29 is 13.9 Å². The van der Waals surface area contributed by atoms with E-state index in [9.17, 15) is 9.18 Å². The lowest BCUT2D eigenvalue weighted by Gasteiger charge is -2.20. The minimum absolute atomic E-state index is 0.0765. The van der Waals surface area contributed by atoms with Gasteiger partial charge >= 0.3 is 6.09 Å². The van der Waals surface area contributed by atoms with Gasteiger partial charge in [0.25, 0.3) is 0 Å². The smallest absolute Gasteiger partial charge is 0.414 e. The molecule has 1 aromatic carbocycles. The van der Waals surface area contributed by atoms with E-state index in [2.05, 4.69) is 10.0 Å². The Hall–Kier alpha value is -2.47. The zero-order valence-corrected chi connectivity index (χ0v) is 12.0. The van der Waals surface area contributed by atoms with Crippen LogP contribution in [0.3, 0.4) is 0 Å². The van der Waals surface area contributed by atoms with Crippen LogP contribution in [0.15, 0.2) is 23.3 Å². The molecule has 1 amide bonds. The van der Waals surface area contributed by atoms with Crippen LogP contribution in [0, 0.1) is 5.82 Å². The number of rotatable bonds is 4. The van der Waals surface area contributed by atoms with Gasteiger partial charge in [-0.25, -0.2) is 9.18 Å². The summed E-state index contributed by atoms with van der Waals surface area (Å²) in [6.07, 6.45) is 1.10. The quantitative estimate of drug-likeness (QED) is 0.487. The van der Waals surface area contributed by atoms with Crippen LogP contribution in [0.25, 0.3) is 10.4 Å². The van der Waals surface area contributed by atoms with E-state index in [1.54, 1.807) is 12.1 Å². The van der Waals surface area contributed by atoms with E-state index in [4.69, 9.17) is 10.3 Å². The first-order valence-corrected chi connectivity index (χ1v) is 7.22. The van der Waals surface area contributed by atoms with E-state index in [1.807, 2.05) is 4.90 Å². The van der Waals surface area contributed by atoms with E-state index in [0.29, 0.717) is 11.4 Å². The number of cyclic esters (lactones) is 1. The van der Waals surface area contributed by atoms with Gasteiger partial charge in [0.05, 0.1) is 24.5 Å². The lowest BCUT2D eigenvalue weighted by Crippen LogP contribution is -2.25. The molecule has 2 fully saturated rings. The van der Waals surface area contributed by atoms with Gasteiger partial charge in [-0.15, -0.1) is 0 Å². The van der Waals surface area contributed by atoms with Gasteiger partial charge in [0.2, 0.25) is 0 Å². The van der Waals surface area contributed by atoms with E-state index in [0.717, 1.165) is 25.9 Å². The Morgan fingerprint density at radius 2 is 2.18 bits per heavy atom. The summed E-state index contributed by atoms with van der Waals surface area (Å²) in [5.74, 6) is -0.342. The topological polar surface area (TPSA) is 81.5 Å². The number of anilines is 2. The standard InChI is InChI=1S/C14H16FN5O2/c15-12-7-10(3-4-13(12)19-5-1-2-6-19)20-9-11(8-17-18-16)22-14(20)21/h3-4,7,11H,1-2,5-6,8-9H2/t11-/m0/s1. The summed E-state index contributed by atoms with van der Waals surface area (Å²) >= 11 is 0. The van der Waals surface area contributed by atoms with Gasteiger partial charge in [0.15, 0.2) is 0 Å². The number of halogens is 1. The number of amides is 1. The molecule has 2 aliphatic rings. The van der Waals surface area contributed by atoms with Crippen molar-refractivity contribution in [3.05, 3.63) is 34.5 Å². The second-order valence-corrected chi connectivity index (χ2v) is 5.36. The van der Waals surface area contributed by atoms with E-state index < -0.39 is 12.2 Å². The first-order chi connectivity index (χ1) is 10.7. The van der Waals surface area contributed by atoms with Crippen LogP contribution in [-0.4, -0.2) is 38.4 Å². The fourth-order valence-electron chi connectivity index (χ4n) is 2.83. The van der Waals surface area contributed by atoms with Crippen LogP contribution in [-0.2, 0) is 4.74 Å². The lowest BCUT2D eigenvalue weighted by atomic mass is 10.2. The van der Waals surface area contributed by atoms with Gasteiger partial charge in [0.1, 0.15) is 11.9 Å². The van der Waals surface area contributed by atoms with Crippen LogP contribution >= 0.6 is 0 Å². The summed E-state index contributed by atoms with van der Waals surface area (Å²) in [6, 6.07) is 4.77. The minimum Gasteiger partial charge on any atom is -0.444 e. The van der Waals surface area contributed by atoms with E-state index >= 15 is 0 Å². The monoisotopic (exact) mass is 305 g/mol.